The zero-order chi connectivity index (χ0) is 15.7. The SMILES string of the molecule is CCCC(c1ccc2cc(O)c3ccccc3c2c1)C(C)C. The van der Waals surface area contributed by atoms with Gasteiger partial charge >= 0.3 is 0 Å². The third-order valence-electron chi connectivity index (χ3n) is 4.70. The molecule has 22 heavy (non-hydrogen) atoms. The summed E-state index contributed by atoms with van der Waals surface area (Å²) in [5, 5.41) is 14.6. The highest BCUT2D eigenvalue weighted by atomic mass is 16.3. The number of aromatic hydroxyl groups is 1. The number of phenolic OH excluding ortho intramolecular Hbond substituents is 1. The highest BCUT2D eigenvalue weighted by Crippen LogP contribution is 2.36. The predicted octanol–water partition coefficient (Wildman–Crippen LogP) is 6.24. The van der Waals surface area contributed by atoms with Crippen LogP contribution in [0, 0.1) is 5.92 Å². The van der Waals surface area contributed by atoms with Crippen molar-refractivity contribution in [2.75, 3.05) is 0 Å². The molecule has 0 aliphatic carbocycles. The summed E-state index contributed by atoms with van der Waals surface area (Å²) in [6, 6.07) is 16.7. The minimum atomic E-state index is 0.366. The summed E-state index contributed by atoms with van der Waals surface area (Å²) in [7, 11) is 0. The van der Waals surface area contributed by atoms with Gasteiger partial charge in [-0.25, -0.2) is 0 Å². The zero-order valence-electron chi connectivity index (χ0n) is 13.6. The zero-order valence-corrected chi connectivity index (χ0v) is 13.6. The first-order valence-electron chi connectivity index (χ1n) is 8.26. The molecule has 0 amide bonds. The Bertz CT molecular complexity index is 801. The van der Waals surface area contributed by atoms with Gasteiger partial charge in [0.2, 0.25) is 0 Å². The second-order valence-electron chi connectivity index (χ2n) is 6.56. The lowest BCUT2D eigenvalue weighted by molar-refractivity contribution is 0.464. The van der Waals surface area contributed by atoms with E-state index in [1.165, 1.54) is 23.8 Å². The summed E-state index contributed by atoms with van der Waals surface area (Å²) in [6.45, 7) is 6.86. The Morgan fingerprint density at radius 2 is 1.64 bits per heavy atom. The summed E-state index contributed by atoms with van der Waals surface area (Å²) in [4.78, 5) is 0. The average molecular weight is 292 g/mol. The Kier molecular flexibility index (Phi) is 4.06. The van der Waals surface area contributed by atoms with Crippen molar-refractivity contribution in [2.24, 2.45) is 5.92 Å². The lowest BCUT2D eigenvalue weighted by Crippen LogP contribution is -2.06. The molecule has 0 saturated carbocycles. The molecule has 0 aromatic heterocycles. The normalized spacial score (nSPS) is 13.1. The van der Waals surface area contributed by atoms with Crippen LogP contribution in [0.2, 0.25) is 0 Å². The van der Waals surface area contributed by atoms with Crippen LogP contribution in [0.1, 0.15) is 45.1 Å². The number of rotatable bonds is 4. The molecule has 0 aliphatic heterocycles. The molecule has 0 saturated heterocycles. The Morgan fingerprint density at radius 1 is 0.909 bits per heavy atom. The minimum absolute atomic E-state index is 0.366. The van der Waals surface area contributed by atoms with Crippen LogP contribution in [-0.4, -0.2) is 5.11 Å². The summed E-state index contributed by atoms with van der Waals surface area (Å²) < 4.78 is 0. The molecule has 0 aliphatic rings. The molecule has 1 atom stereocenters. The van der Waals surface area contributed by atoms with Crippen molar-refractivity contribution in [1.29, 1.82) is 0 Å². The fourth-order valence-electron chi connectivity index (χ4n) is 3.53. The van der Waals surface area contributed by atoms with E-state index in [-0.39, 0.29) is 0 Å². The van der Waals surface area contributed by atoms with Gasteiger partial charge in [0, 0.05) is 5.39 Å². The van der Waals surface area contributed by atoms with E-state index in [0.717, 1.165) is 16.2 Å². The van der Waals surface area contributed by atoms with Crippen LogP contribution in [0.4, 0.5) is 0 Å². The fourth-order valence-corrected chi connectivity index (χ4v) is 3.53. The van der Waals surface area contributed by atoms with Gasteiger partial charge in [0.1, 0.15) is 5.75 Å². The van der Waals surface area contributed by atoms with E-state index in [2.05, 4.69) is 45.0 Å². The van der Waals surface area contributed by atoms with Crippen LogP contribution in [0.25, 0.3) is 21.5 Å². The quantitative estimate of drug-likeness (QED) is 0.564. The van der Waals surface area contributed by atoms with Crippen molar-refractivity contribution >= 4 is 21.5 Å². The van der Waals surface area contributed by atoms with Crippen LogP contribution in [0.3, 0.4) is 0 Å². The number of hydrogen-bond donors (Lipinski definition) is 1. The van der Waals surface area contributed by atoms with Crippen molar-refractivity contribution in [3.8, 4) is 5.75 Å². The van der Waals surface area contributed by atoms with Crippen LogP contribution in [0.15, 0.2) is 48.5 Å². The monoisotopic (exact) mass is 292 g/mol. The van der Waals surface area contributed by atoms with E-state index in [0.29, 0.717) is 17.6 Å². The number of fused-ring (bicyclic) bond motifs is 3. The molecule has 1 nitrogen and oxygen atoms in total. The van der Waals surface area contributed by atoms with Gasteiger partial charge in [-0.05, 0) is 46.0 Å². The van der Waals surface area contributed by atoms with Gasteiger partial charge in [-0.15, -0.1) is 0 Å². The molecule has 1 unspecified atom stereocenters. The van der Waals surface area contributed by atoms with E-state index < -0.39 is 0 Å². The van der Waals surface area contributed by atoms with Gasteiger partial charge in [-0.3, -0.25) is 0 Å². The summed E-state index contributed by atoms with van der Waals surface area (Å²) in [5.74, 6) is 1.60. The Hall–Kier alpha value is -2.02. The lowest BCUT2D eigenvalue weighted by atomic mass is 9.84. The molecule has 114 valence electrons. The van der Waals surface area contributed by atoms with Crippen molar-refractivity contribution in [3.05, 3.63) is 54.1 Å². The Morgan fingerprint density at radius 3 is 2.32 bits per heavy atom. The van der Waals surface area contributed by atoms with Gasteiger partial charge < -0.3 is 5.11 Å². The third kappa shape index (κ3) is 2.56. The van der Waals surface area contributed by atoms with Gasteiger partial charge in [-0.1, -0.05) is 69.7 Å². The molecule has 0 bridgehead atoms. The molecule has 3 aromatic rings. The number of benzene rings is 3. The third-order valence-corrected chi connectivity index (χ3v) is 4.70. The van der Waals surface area contributed by atoms with Gasteiger partial charge in [0.05, 0.1) is 0 Å². The van der Waals surface area contributed by atoms with Crippen molar-refractivity contribution in [1.82, 2.24) is 0 Å². The molecule has 0 spiro atoms. The van der Waals surface area contributed by atoms with Crippen LogP contribution >= 0.6 is 0 Å². The molecule has 0 fully saturated rings. The maximum absolute atomic E-state index is 10.2. The first-order chi connectivity index (χ1) is 10.6. The summed E-state index contributed by atoms with van der Waals surface area (Å²) in [6.07, 6.45) is 2.43. The molecular weight excluding hydrogens is 268 g/mol. The minimum Gasteiger partial charge on any atom is -0.507 e. The maximum atomic E-state index is 10.2. The van der Waals surface area contributed by atoms with E-state index in [1.807, 2.05) is 24.3 Å². The molecule has 1 N–H and O–H groups in total. The van der Waals surface area contributed by atoms with Crippen LogP contribution in [-0.2, 0) is 0 Å². The smallest absolute Gasteiger partial charge is 0.124 e. The van der Waals surface area contributed by atoms with Crippen molar-refractivity contribution in [2.45, 2.75) is 39.5 Å². The fraction of sp³-hybridized carbons (Fsp3) is 0.333. The second-order valence-corrected chi connectivity index (χ2v) is 6.56. The van der Waals surface area contributed by atoms with E-state index >= 15 is 0 Å². The van der Waals surface area contributed by atoms with E-state index in [4.69, 9.17) is 0 Å². The molecular formula is C21H24O. The maximum Gasteiger partial charge on any atom is 0.124 e. The largest absolute Gasteiger partial charge is 0.507 e. The van der Waals surface area contributed by atoms with Crippen molar-refractivity contribution in [3.63, 3.8) is 0 Å². The van der Waals surface area contributed by atoms with Crippen LogP contribution < -0.4 is 0 Å². The first kappa shape index (κ1) is 14.9. The molecule has 0 radical (unpaired) electrons. The molecule has 1 heteroatoms. The molecule has 0 heterocycles. The number of hydrogen-bond acceptors (Lipinski definition) is 1. The summed E-state index contributed by atoms with van der Waals surface area (Å²) >= 11 is 0. The topological polar surface area (TPSA) is 20.2 Å². The average Bonchev–Trinajstić information content (AvgIpc) is 2.52. The van der Waals surface area contributed by atoms with E-state index in [1.54, 1.807) is 0 Å². The van der Waals surface area contributed by atoms with Crippen molar-refractivity contribution < 1.29 is 5.11 Å². The predicted molar refractivity (Wildman–Crippen MR) is 95.6 cm³/mol. The lowest BCUT2D eigenvalue weighted by Gasteiger charge is -2.21. The first-order valence-corrected chi connectivity index (χ1v) is 8.26. The molecule has 3 rings (SSSR count). The Labute approximate surface area is 132 Å². The van der Waals surface area contributed by atoms with E-state index in [9.17, 15) is 5.11 Å². The number of phenols is 1. The Balaban J connectivity index is 2.24. The highest BCUT2D eigenvalue weighted by Gasteiger charge is 2.16. The van der Waals surface area contributed by atoms with Gasteiger partial charge in [0.15, 0.2) is 0 Å². The van der Waals surface area contributed by atoms with Crippen LogP contribution in [0.5, 0.6) is 5.75 Å². The standard InChI is InChI=1S/C21H24O/c1-4-7-17(14(2)3)15-10-11-16-13-21(22)19-9-6-5-8-18(19)20(16)12-15/h5-6,8-14,17,22H,4,7H2,1-3H3. The molecule has 3 aromatic carbocycles. The summed E-state index contributed by atoms with van der Waals surface area (Å²) in [5.41, 5.74) is 1.42. The van der Waals surface area contributed by atoms with Gasteiger partial charge in [0.25, 0.3) is 0 Å². The highest BCUT2D eigenvalue weighted by molar-refractivity contribution is 6.10. The second kappa shape index (κ2) is 6.00. The van der Waals surface area contributed by atoms with Gasteiger partial charge in [-0.2, -0.15) is 0 Å².